The highest BCUT2D eigenvalue weighted by Gasteiger charge is 2.14. The molecule has 0 saturated heterocycles. The lowest BCUT2D eigenvalue weighted by atomic mass is 10.1. The number of ether oxygens (including phenoxy) is 1. The highest BCUT2D eigenvalue weighted by molar-refractivity contribution is 6.07. The van der Waals surface area contributed by atoms with Gasteiger partial charge in [-0.2, -0.15) is 0 Å². The summed E-state index contributed by atoms with van der Waals surface area (Å²) in [5.41, 5.74) is -0.0924. The molecule has 120 valence electrons. The van der Waals surface area contributed by atoms with E-state index in [2.05, 4.69) is 17.6 Å². The molecule has 0 aromatic heterocycles. The third kappa shape index (κ3) is 8.80. The molecule has 0 rings (SSSR count). The van der Waals surface area contributed by atoms with Crippen molar-refractivity contribution >= 4 is 17.9 Å². The van der Waals surface area contributed by atoms with Crippen molar-refractivity contribution in [1.82, 2.24) is 10.6 Å². The van der Waals surface area contributed by atoms with Crippen molar-refractivity contribution in [3.8, 4) is 0 Å². The molecule has 0 unspecified atom stereocenters. The average molecular weight is 300 g/mol. The van der Waals surface area contributed by atoms with E-state index in [1.54, 1.807) is 0 Å². The minimum atomic E-state index is -1.19. The van der Waals surface area contributed by atoms with Crippen molar-refractivity contribution < 1.29 is 24.2 Å². The van der Waals surface area contributed by atoms with E-state index < -0.39 is 17.9 Å². The van der Waals surface area contributed by atoms with Gasteiger partial charge in [0.25, 0.3) is 5.91 Å². The summed E-state index contributed by atoms with van der Waals surface area (Å²) in [6.45, 7) is 6.38. The Morgan fingerprint density at radius 3 is 2.24 bits per heavy atom. The first-order valence-electron chi connectivity index (χ1n) is 6.97. The molecule has 7 heteroatoms. The molecule has 0 aliphatic heterocycles. The summed E-state index contributed by atoms with van der Waals surface area (Å²) in [6.07, 6.45) is 2.73. The van der Waals surface area contributed by atoms with Gasteiger partial charge in [0.2, 0.25) is 0 Å². The number of rotatable bonds is 9. The fourth-order valence-corrected chi connectivity index (χ4v) is 1.30. The van der Waals surface area contributed by atoms with Gasteiger partial charge in [0.05, 0.1) is 0 Å². The molecule has 21 heavy (non-hydrogen) atoms. The van der Waals surface area contributed by atoms with E-state index in [1.165, 1.54) is 13.8 Å². The molecule has 0 aliphatic carbocycles. The van der Waals surface area contributed by atoms with Gasteiger partial charge in [0.15, 0.2) is 0 Å². The van der Waals surface area contributed by atoms with Crippen molar-refractivity contribution in [3.05, 3.63) is 11.1 Å². The summed E-state index contributed by atoms with van der Waals surface area (Å²) in [4.78, 5) is 33.7. The minimum Gasteiger partial charge on any atom is -0.478 e. The van der Waals surface area contributed by atoms with Gasteiger partial charge in [0, 0.05) is 30.9 Å². The van der Waals surface area contributed by atoms with Gasteiger partial charge < -0.3 is 15.2 Å². The largest absolute Gasteiger partial charge is 0.478 e. The number of hydrogen-bond acceptors (Lipinski definition) is 4. The zero-order valence-electron chi connectivity index (χ0n) is 12.8. The predicted octanol–water partition coefficient (Wildman–Crippen LogP) is 1.44. The Labute approximate surface area is 124 Å². The van der Waals surface area contributed by atoms with Crippen LogP contribution in [0.5, 0.6) is 0 Å². The normalized spacial score (nSPS) is 11.6. The maximum atomic E-state index is 11.6. The van der Waals surface area contributed by atoms with Crippen LogP contribution in [0, 0.1) is 0 Å². The number of aliphatic carboxylic acids is 1. The Balaban J connectivity index is 3.92. The second-order valence-corrected chi connectivity index (χ2v) is 4.58. The molecule has 0 saturated carbocycles. The molecule has 0 spiro atoms. The van der Waals surface area contributed by atoms with E-state index >= 15 is 0 Å². The maximum absolute atomic E-state index is 11.6. The topological polar surface area (TPSA) is 105 Å². The first-order chi connectivity index (χ1) is 9.90. The number of imide groups is 1. The number of amides is 3. The Morgan fingerprint density at radius 1 is 1.05 bits per heavy atom. The lowest BCUT2D eigenvalue weighted by Gasteiger charge is -2.08. The van der Waals surface area contributed by atoms with E-state index in [0.717, 1.165) is 12.8 Å². The molecule has 0 radical (unpaired) electrons. The number of carbonyl (C=O) groups excluding carboxylic acids is 2. The summed E-state index contributed by atoms with van der Waals surface area (Å²) in [5, 5.41) is 13.3. The van der Waals surface area contributed by atoms with Crippen LogP contribution in [0.4, 0.5) is 4.79 Å². The summed E-state index contributed by atoms with van der Waals surface area (Å²) < 4.78 is 5.32. The van der Waals surface area contributed by atoms with E-state index in [9.17, 15) is 14.4 Å². The van der Waals surface area contributed by atoms with E-state index in [-0.39, 0.29) is 11.1 Å². The molecular formula is C14H24N2O5. The highest BCUT2D eigenvalue weighted by atomic mass is 16.5. The van der Waals surface area contributed by atoms with Crippen LogP contribution in [-0.4, -0.2) is 42.8 Å². The maximum Gasteiger partial charge on any atom is 0.331 e. The molecule has 0 heterocycles. The Hall–Kier alpha value is -1.89. The van der Waals surface area contributed by atoms with Gasteiger partial charge in [-0.15, -0.1) is 0 Å². The summed E-state index contributed by atoms with van der Waals surface area (Å²) in [7, 11) is 0. The molecule has 0 aliphatic rings. The molecule has 0 bridgehead atoms. The molecule has 0 fully saturated rings. The first kappa shape index (κ1) is 19.1. The Kier molecular flexibility index (Phi) is 9.87. The minimum absolute atomic E-state index is 0.000508. The van der Waals surface area contributed by atoms with Crippen LogP contribution in [0.2, 0.25) is 0 Å². The van der Waals surface area contributed by atoms with Crippen LogP contribution in [0.25, 0.3) is 0 Å². The first-order valence-corrected chi connectivity index (χ1v) is 6.97. The van der Waals surface area contributed by atoms with Gasteiger partial charge >= 0.3 is 12.0 Å². The monoisotopic (exact) mass is 300 g/mol. The van der Waals surface area contributed by atoms with Crippen LogP contribution in [0.3, 0.4) is 0 Å². The van der Waals surface area contributed by atoms with Crippen molar-refractivity contribution in [1.29, 1.82) is 0 Å². The third-order valence-corrected chi connectivity index (χ3v) is 2.84. The molecule has 0 atom stereocenters. The number of carboxylic acids is 1. The fourth-order valence-electron chi connectivity index (χ4n) is 1.30. The molecule has 7 nitrogen and oxygen atoms in total. The Bertz CT molecular complexity index is 404. The van der Waals surface area contributed by atoms with Crippen LogP contribution in [-0.2, 0) is 14.3 Å². The van der Waals surface area contributed by atoms with E-state index in [0.29, 0.717) is 26.2 Å². The van der Waals surface area contributed by atoms with Gasteiger partial charge in [-0.3, -0.25) is 10.1 Å². The lowest BCUT2D eigenvalue weighted by molar-refractivity contribution is -0.133. The molecular weight excluding hydrogens is 276 g/mol. The molecule has 3 N–H and O–H groups in total. The summed E-state index contributed by atoms with van der Waals surface area (Å²) in [5.74, 6) is -1.90. The van der Waals surface area contributed by atoms with Crippen LogP contribution >= 0.6 is 0 Å². The second kappa shape index (κ2) is 10.8. The lowest BCUT2D eigenvalue weighted by Crippen LogP contribution is -2.40. The van der Waals surface area contributed by atoms with Gasteiger partial charge in [-0.25, -0.2) is 9.59 Å². The highest BCUT2D eigenvalue weighted by Crippen LogP contribution is 2.03. The van der Waals surface area contributed by atoms with Crippen LogP contribution in [0.1, 0.15) is 40.0 Å². The fraction of sp³-hybridized carbons (Fsp3) is 0.643. The number of nitrogens with one attached hydrogen (secondary N) is 2. The Morgan fingerprint density at radius 2 is 1.67 bits per heavy atom. The molecule has 0 aromatic rings. The average Bonchev–Trinajstić information content (AvgIpc) is 2.44. The zero-order valence-corrected chi connectivity index (χ0v) is 12.8. The SMILES string of the molecule is CCCCOCCCNC(=O)NC(=O)C(C)=C(C)C(=O)O. The van der Waals surface area contributed by atoms with Crippen LogP contribution in [0.15, 0.2) is 11.1 Å². The predicted molar refractivity (Wildman–Crippen MR) is 77.9 cm³/mol. The third-order valence-electron chi connectivity index (χ3n) is 2.84. The van der Waals surface area contributed by atoms with Crippen molar-refractivity contribution in [2.75, 3.05) is 19.8 Å². The van der Waals surface area contributed by atoms with Crippen molar-refractivity contribution in [2.24, 2.45) is 0 Å². The molecule has 3 amide bonds. The number of carbonyl (C=O) groups is 3. The number of hydrogen-bond donors (Lipinski definition) is 3. The van der Waals surface area contributed by atoms with E-state index in [1.807, 2.05) is 0 Å². The smallest absolute Gasteiger partial charge is 0.331 e. The summed E-state index contributed by atoms with van der Waals surface area (Å²) in [6, 6.07) is -0.647. The van der Waals surface area contributed by atoms with Gasteiger partial charge in [-0.05, 0) is 26.7 Å². The van der Waals surface area contributed by atoms with E-state index in [4.69, 9.17) is 9.84 Å². The zero-order chi connectivity index (χ0) is 16.3. The summed E-state index contributed by atoms with van der Waals surface area (Å²) >= 11 is 0. The number of unbranched alkanes of at least 4 members (excludes halogenated alkanes) is 1. The van der Waals surface area contributed by atoms with Crippen LogP contribution < -0.4 is 10.6 Å². The van der Waals surface area contributed by atoms with Crippen molar-refractivity contribution in [3.63, 3.8) is 0 Å². The second-order valence-electron chi connectivity index (χ2n) is 4.58. The molecule has 0 aromatic carbocycles. The number of urea groups is 1. The van der Waals surface area contributed by atoms with Gasteiger partial charge in [0.1, 0.15) is 0 Å². The van der Waals surface area contributed by atoms with Crippen molar-refractivity contribution in [2.45, 2.75) is 40.0 Å². The quantitative estimate of drug-likeness (QED) is 0.441. The standard InChI is InChI=1S/C14H24N2O5/c1-4-5-8-21-9-6-7-15-14(20)16-12(17)10(2)11(3)13(18)19/h4-9H2,1-3H3,(H,18,19)(H2,15,16,17,20). The van der Waals surface area contributed by atoms with Gasteiger partial charge in [-0.1, -0.05) is 13.3 Å². The number of carboxylic acid groups (broad SMARTS) is 1.